The summed E-state index contributed by atoms with van der Waals surface area (Å²) < 4.78 is 5.61. The number of hydrogen-bond acceptors (Lipinski definition) is 3. The first-order valence-corrected chi connectivity index (χ1v) is 8.18. The van der Waals surface area contributed by atoms with Crippen LogP contribution in [-0.4, -0.2) is 37.7 Å². The van der Waals surface area contributed by atoms with Crippen molar-refractivity contribution in [3.8, 4) is 0 Å². The average molecular weight is 319 g/mol. The van der Waals surface area contributed by atoms with Gasteiger partial charge < -0.3 is 15.4 Å². The summed E-state index contributed by atoms with van der Waals surface area (Å²) in [6, 6.07) is 0.350. The second-order valence-electron chi connectivity index (χ2n) is 6.90. The predicted molar refractivity (Wildman–Crippen MR) is 87.7 cm³/mol. The maximum absolute atomic E-state index is 12.2. The van der Waals surface area contributed by atoms with E-state index in [4.69, 9.17) is 4.74 Å². The van der Waals surface area contributed by atoms with Gasteiger partial charge in [-0.15, -0.1) is 12.4 Å². The molecule has 2 aliphatic rings. The van der Waals surface area contributed by atoms with Crippen molar-refractivity contribution < 1.29 is 9.53 Å². The SMILES string of the molecule is CC1CCC(C(C)C)C(NC(=O)CC2CNCCO2)C1.Cl. The summed E-state index contributed by atoms with van der Waals surface area (Å²) >= 11 is 0. The lowest BCUT2D eigenvalue weighted by molar-refractivity contribution is -0.126. The molecule has 1 aliphatic carbocycles. The van der Waals surface area contributed by atoms with Crippen LogP contribution < -0.4 is 10.6 Å². The van der Waals surface area contributed by atoms with Crippen LogP contribution in [0.5, 0.6) is 0 Å². The van der Waals surface area contributed by atoms with Crippen LogP contribution in [-0.2, 0) is 9.53 Å². The minimum Gasteiger partial charge on any atom is -0.375 e. The first-order chi connectivity index (χ1) is 9.56. The minimum absolute atomic E-state index is 0. The van der Waals surface area contributed by atoms with Gasteiger partial charge in [0.1, 0.15) is 0 Å². The summed E-state index contributed by atoms with van der Waals surface area (Å²) in [5, 5.41) is 6.55. The largest absolute Gasteiger partial charge is 0.375 e. The maximum Gasteiger partial charge on any atom is 0.222 e. The van der Waals surface area contributed by atoms with Crippen LogP contribution >= 0.6 is 12.4 Å². The monoisotopic (exact) mass is 318 g/mol. The van der Waals surface area contributed by atoms with Crippen LogP contribution in [0.1, 0.15) is 46.5 Å². The van der Waals surface area contributed by atoms with Crippen molar-refractivity contribution in [2.75, 3.05) is 19.7 Å². The summed E-state index contributed by atoms with van der Waals surface area (Å²) in [5.74, 6) is 2.15. The Balaban J connectivity index is 0.00000220. The molecule has 0 aromatic heterocycles. The van der Waals surface area contributed by atoms with Gasteiger partial charge in [-0.05, 0) is 30.6 Å². The first kappa shape index (κ1) is 18.7. The molecule has 0 spiro atoms. The Morgan fingerprint density at radius 1 is 1.38 bits per heavy atom. The second-order valence-corrected chi connectivity index (χ2v) is 6.90. The Morgan fingerprint density at radius 3 is 2.76 bits per heavy atom. The zero-order chi connectivity index (χ0) is 14.5. The molecule has 0 radical (unpaired) electrons. The van der Waals surface area contributed by atoms with Crippen molar-refractivity contribution in [1.29, 1.82) is 0 Å². The van der Waals surface area contributed by atoms with E-state index in [1.807, 2.05) is 0 Å². The van der Waals surface area contributed by atoms with Gasteiger partial charge >= 0.3 is 0 Å². The molecule has 1 heterocycles. The van der Waals surface area contributed by atoms with E-state index >= 15 is 0 Å². The molecule has 2 fully saturated rings. The van der Waals surface area contributed by atoms with Gasteiger partial charge in [-0.2, -0.15) is 0 Å². The first-order valence-electron chi connectivity index (χ1n) is 8.18. The van der Waals surface area contributed by atoms with Gasteiger partial charge in [0, 0.05) is 19.1 Å². The smallest absolute Gasteiger partial charge is 0.222 e. The third-order valence-corrected chi connectivity index (χ3v) is 4.79. The molecule has 2 rings (SSSR count). The molecule has 1 amide bonds. The lowest BCUT2D eigenvalue weighted by Crippen LogP contribution is -2.48. The summed E-state index contributed by atoms with van der Waals surface area (Å²) in [4.78, 5) is 12.2. The van der Waals surface area contributed by atoms with Crippen molar-refractivity contribution >= 4 is 18.3 Å². The third-order valence-electron chi connectivity index (χ3n) is 4.79. The van der Waals surface area contributed by atoms with E-state index in [0.29, 0.717) is 30.9 Å². The molecule has 4 nitrogen and oxygen atoms in total. The van der Waals surface area contributed by atoms with E-state index in [-0.39, 0.29) is 24.4 Å². The van der Waals surface area contributed by atoms with E-state index in [1.54, 1.807) is 0 Å². The average Bonchev–Trinajstić information content (AvgIpc) is 2.39. The van der Waals surface area contributed by atoms with Gasteiger partial charge in [-0.3, -0.25) is 4.79 Å². The molecule has 2 N–H and O–H groups in total. The highest BCUT2D eigenvalue weighted by atomic mass is 35.5. The molecular weight excluding hydrogens is 288 g/mol. The molecule has 4 atom stereocenters. The van der Waals surface area contributed by atoms with Crippen LogP contribution in [0.4, 0.5) is 0 Å². The number of morpholine rings is 1. The molecule has 124 valence electrons. The lowest BCUT2D eigenvalue weighted by Gasteiger charge is -2.38. The number of nitrogens with one attached hydrogen (secondary N) is 2. The Labute approximate surface area is 135 Å². The number of carbonyl (C=O) groups is 1. The molecule has 1 aliphatic heterocycles. The second kappa shape index (κ2) is 8.96. The normalized spacial score (nSPS) is 33.3. The summed E-state index contributed by atoms with van der Waals surface area (Å²) in [5.41, 5.74) is 0. The Bertz CT molecular complexity index is 319. The number of carbonyl (C=O) groups excluding carboxylic acids is 1. The van der Waals surface area contributed by atoms with E-state index in [2.05, 4.69) is 31.4 Å². The van der Waals surface area contributed by atoms with Crippen LogP contribution in [0.25, 0.3) is 0 Å². The fourth-order valence-corrected chi connectivity index (χ4v) is 3.59. The van der Waals surface area contributed by atoms with Gasteiger partial charge in [-0.1, -0.05) is 27.2 Å². The van der Waals surface area contributed by atoms with Gasteiger partial charge in [0.25, 0.3) is 0 Å². The highest BCUT2D eigenvalue weighted by Crippen LogP contribution is 2.33. The van der Waals surface area contributed by atoms with E-state index < -0.39 is 0 Å². The third kappa shape index (κ3) is 5.76. The molecule has 5 heteroatoms. The maximum atomic E-state index is 12.2. The van der Waals surface area contributed by atoms with Crippen LogP contribution in [0.2, 0.25) is 0 Å². The summed E-state index contributed by atoms with van der Waals surface area (Å²) in [6.07, 6.45) is 4.19. The molecular formula is C16H31ClN2O2. The molecule has 1 saturated carbocycles. The highest BCUT2D eigenvalue weighted by Gasteiger charge is 2.32. The standard InChI is InChI=1S/C16H30N2O2.ClH/c1-11(2)14-5-4-12(3)8-15(14)18-16(19)9-13-10-17-6-7-20-13;/h11-15,17H,4-10H2,1-3H3,(H,18,19);1H. The van der Waals surface area contributed by atoms with Gasteiger partial charge in [-0.25, -0.2) is 0 Å². The number of hydrogen-bond donors (Lipinski definition) is 2. The van der Waals surface area contributed by atoms with Crippen molar-refractivity contribution in [3.05, 3.63) is 0 Å². The van der Waals surface area contributed by atoms with Crippen molar-refractivity contribution in [1.82, 2.24) is 10.6 Å². The molecule has 1 saturated heterocycles. The van der Waals surface area contributed by atoms with Crippen LogP contribution in [0.3, 0.4) is 0 Å². The molecule has 4 unspecified atom stereocenters. The van der Waals surface area contributed by atoms with Crippen molar-refractivity contribution in [3.63, 3.8) is 0 Å². The Hall–Kier alpha value is -0.320. The lowest BCUT2D eigenvalue weighted by atomic mass is 9.74. The van der Waals surface area contributed by atoms with E-state index in [9.17, 15) is 4.79 Å². The van der Waals surface area contributed by atoms with Crippen molar-refractivity contribution in [2.24, 2.45) is 17.8 Å². The van der Waals surface area contributed by atoms with E-state index in [0.717, 1.165) is 25.4 Å². The van der Waals surface area contributed by atoms with Crippen LogP contribution in [0, 0.1) is 17.8 Å². The predicted octanol–water partition coefficient (Wildman–Crippen LogP) is 2.36. The van der Waals surface area contributed by atoms with Gasteiger partial charge in [0.15, 0.2) is 0 Å². The Morgan fingerprint density at radius 2 is 2.14 bits per heavy atom. The summed E-state index contributed by atoms with van der Waals surface area (Å²) in [6.45, 7) is 9.24. The topological polar surface area (TPSA) is 50.4 Å². The summed E-state index contributed by atoms with van der Waals surface area (Å²) in [7, 11) is 0. The number of ether oxygens (including phenoxy) is 1. The zero-order valence-corrected chi connectivity index (χ0v) is 14.4. The minimum atomic E-state index is 0. The quantitative estimate of drug-likeness (QED) is 0.836. The van der Waals surface area contributed by atoms with Crippen molar-refractivity contribution in [2.45, 2.75) is 58.6 Å². The highest BCUT2D eigenvalue weighted by molar-refractivity contribution is 5.85. The number of rotatable bonds is 4. The fourth-order valence-electron chi connectivity index (χ4n) is 3.59. The number of amides is 1. The molecule has 0 bridgehead atoms. The van der Waals surface area contributed by atoms with Gasteiger partial charge in [0.05, 0.1) is 19.1 Å². The van der Waals surface area contributed by atoms with Crippen LogP contribution in [0.15, 0.2) is 0 Å². The molecule has 21 heavy (non-hydrogen) atoms. The molecule has 0 aromatic rings. The zero-order valence-electron chi connectivity index (χ0n) is 13.6. The van der Waals surface area contributed by atoms with Gasteiger partial charge in [0.2, 0.25) is 5.91 Å². The number of halogens is 1. The molecule has 0 aromatic carbocycles. The van der Waals surface area contributed by atoms with E-state index in [1.165, 1.54) is 12.8 Å². The fraction of sp³-hybridized carbons (Fsp3) is 0.938. The Kier molecular flexibility index (Phi) is 7.99.